The van der Waals surface area contributed by atoms with Gasteiger partial charge in [-0.25, -0.2) is 0 Å². The average Bonchev–Trinajstić information content (AvgIpc) is 2.40. The van der Waals surface area contributed by atoms with E-state index in [-0.39, 0.29) is 12.1 Å². The number of hydrogen-bond donors (Lipinski definition) is 1. The van der Waals surface area contributed by atoms with E-state index < -0.39 is 16.3 Å². The van der Waals surface area contributed by atoms with E-state index >= 15 is 0 Å². The summed E-state index contributed by atoms with van der Waals surface area (Å²) in [5.41, 5.74) is -0.282. The number of aliphatic carboxylic acids is 1. The number of nitro benzene ring substituents is 1. The molecule has 1 N–H and O–H groups in total. The minimum Gasteiger partial charge on any atom is -0.481 e. The van der Waals surface area contributed by atoms with Crippen LogP contribution >= 0.6 is 0 Å². The Morgan fingerprint density at radius 3 is 2.47 bits per heavy atom. The fourth-order valence-electron chi connectivity index (χ4n) is 2.90. The van der Waals surface area contributed by atoms with Gasteiger partial charge in [-0.2, -0.15) is 0 Å². The van der Waals surface area contributed by atoms with Crippen LogP contribution in [0, 0.1) is 15.5 Å². The van der Waals surface area contributed by atoms with Crippen LogP contribution in [0.4, 0.5) is 5.69 Å². The molecule has 0 bridgehead atoms. The van der Waals surface area contributed by atoms with Crippen LogP contribution in [0.3, 0.4) is 0 Å². The molecule has 1 aliphatic carbocycles. The first-order valence-electron chi connectivity index (χ1n) is 6.51. The molecule has 5 heteroatoms. The highest BCUT2D eigenvalue weighted by Gasteiger charge is 2.40. The lowest BCUT2D eigenvalue weighted by Gasteiger charge is -2.33. The molecule has 0 aromatic heterocycles. The van der Waals surface area contributed by atoms with Crippen LogP contribution in [0.15, 0.2) is 24.3 Å². The van der Waals surface area contributed by atoms with E-state index in [4.69, 9.17) is 0 Å². The van der Waals surface area contributed by atoms with Crippen LogP contribution in [-0.2, 0) is 11.2 Å². The number of para-hydroxylation sites is 1. The lowest BCUT2D eigenvalue weighted by molar-refractivity contribution is -0.385. The largest absolute Gasteiger partial charge is 0.481 e. The van der Waals surface area contributed by atoms with Gasteiger partial charge in [0.2, 0.25) is 0 Å². The summed E-state index contributed by atoms with van der Waals surface area (Å²) >= 11 is 0. The molecule has 1 aromatic rings. The number of nitrogens with zero attached hydrogens (tertiary/aromatic N) is 1. The van der Waals surface area contributed by atoms with Crippen molar-refractivity contribution in [2.24, 2.45) is 5.41 Å². The Morgan fingerprint density at radius 2 is 1.89 bits per heavy atom. The Kier molecular flexibility index (Phi) is 3.83. The van der Waals surface area contributed by atoms with E-state index in [0.29, 0.717) is 18.4 Å². The van der Waals surface area contributed by atoms with Crippen molar-refractivity contribution in [2.75, 3.05) is 0 Å². The number of carbonyl (C=O) groups is 1. The van der Waals surface area contributed by atoms with Gasteiger partial charge in [0.1, 0.15) is 0 Å². The zero-order valence-electron chi connectivity index (χ0n) is 10.7. The zero-order chi connectivity index (χ0) is 13.9. The lowest BCUT2D eigenvalue weighted by atomic mass is 9.70. The molecule has 0 spiro atoms. The maximum atomic E-state index is 11.6. The highest BCUT2D eigenvalue weighted by molar-refractivity contribution is 5.75. The molecule has 5 nitrogen and oxygen atoms in total. The van der Waals surface area contributed by atoms with Gasteiger partial charge in [0, 0.05) is 11.6 Å². The Labute approximate surface area is 111 Å². The zero-order valence-corrected chi connectivity index (χ0v) is 10.7. The van der Waals surface area contributed by atoms with Crippen LogP contribution in [0.5, 0.6) is 0 Å². The first kappa shape index (κ1) is 13.5. The van der Waals surface area contributed by atoms with Crippen LogP contribution in [0.2, 0.25) is 0 Å². The van der Waals surface area contributed by atoms with E-state index in [1.807, 2.05) is 0 Å². The molecule has 1 aromatic carbocycles. The molecule has 2 rings (SSSR count). The van der Waals surface area contributed by atoms with Crippen molar-refractivity contribution in [3.63, 3.8) is 0 Å². The van der Waals surface area contributed by atoms with Crippen molar-refractivity contribution >= 4 is 11.7 Å². The molecule has 0 atom stereocenters. The van der Waals surface area contributed by atoms with Crippen molar-refractivity contribution in [1.82, 2.24) is 0 Å². The van der Waals surface area contributed by atoms with Gasteiger partial charge in [0.25, 0.3) is 5.69 Å². The summed E-state index contributed by atoms with van der Waals surface area (Å²) in [6.07, 6.45) is 4.27. The number of carboxylic acid groups (broad SMARTS) is 1. The van der Waals surface area contributed by atoms with Gasteiger partial charge in [0.15, 0.2) is 0 Å². The molecule has 19 heavy (non-hydrogen) atoms. The summed E-state index contributed by atoms with van der Waals surface area (Å²) in [4.78, 5) is 22.2. The minimum atomic E-state index is -0.829. The molecule has 1 saturated carbocycles. The lowest BCUT2D eigenvalue weighted by Crippen LogP contribution is -2.35. The number of nitro groups is 1. The normalized spacial score (nSPS) is 17.9. The summed E-state index contributed by atoms with van der Waals surface area (Å²) in [6, 6.07) is 6.43. The highest BCUT2D eigenvalue weighted by atomic mass is 16.6. The van der Waals surface area contributed by atoms with Gasteiger partial charge in [-0.1, -0.05) is 37.5 Å². The fraction of sp³-hybridized carbons (Fsp3) is 0.500. The summed E-state index contributed by atoms with van der Waals surface area (Å²) < 4.78 is 0. The van der Waals surface area contributed by atoms with Gasteiger partial charge in [0.05, 0.1) is 10.3 Å². The molecular weight excluding hydrogens is 246 g/mol. The van der Waals surface area contributed by atoms with Crippen molar-refractivity contribution in [3.05, 3.63) is 39.9 Å². The summed E-state index contributed by atoms with van der Waals surface area (Å²) in [6.45, 7) is 0. The molecule has 0 heterocycles. The highest BCUT2D eigenvalue weighted by Crippen LogP contribution is 2.41. The topological polar surface area (TPSA) is 80.4 Å². The molecule has 102 valence electrons. The third-order valence-electron chi connectivity index (χ3n) is 3.98. The molecule has 0 unspecified atom stereocenters. The molecule has 1 fully saturated rings. The van der Waals surface area contributed by atoms with Gasteiger partial charge < -0.3 is 5.11 Å². The molecule has 1 aliphatic rings. The number of hydrogen-bond acceptors (Lipinski definition) is 3. The predicted octanol–water partition coefficient (Wildman–Crippen LogP) is 3.17. The number of rotatable bonds is 4. The summed E-state index contributed by atoms with van der Waals surface area (Å²) in [7, 11) is 0. The summed E-state index contributed by atoms with van der Waals surface area (Å²) in [5, 5.41) is 20.5. The predicted molar refractivity (Wildman–Crippen MR) is 70.0 cm³/mol. The van der Waals surface area contributed by atoms with Crippen molar-refractivity contribution in [2.45, 2.75) is 38.5 Å². The molecule has 0 radical (unpaired) electrons. The Morgan fingerprint density at radius 1 is 1.26 bits per heavy atom. The quantitative estimate of drug-likeness (QED) is 0.668. The van der Waals surface area contributed by atoms with Gasteiger partial charge in [-0.05, 0) is 19.3 Å². The average molecular weight is 263 g/mol. The van der Waals surface area contributed by atoms with E-state index in [1.165, 1.54) is 6.07 Å². The maximum absolute atomic E-state index is 11.6. The number of carboxylic acids is 1. The maximum Gasteiger partial charge on any atom is 0.309 e. The third kappa shape index (κ3) is 2.75. The fourth-order valence-corrected chi connectivity index (χ4v) is 2.90. The van der Waals surface area contributed by atoms with Crippen LogP contribution in [0.1, 0.15) is 37.7 Å². The Hall–Kier alpha value is -1.91. The monoisotopic (exact) mass is 263 g/mol. The first-order valence-corrected chi connectivity index (χ1v) is 6.51. The van der Waals surface area contributed by atoms with Crippen molar-refractivity contribution in [3.8, 4) is 0 Å². The molecule has 0 aliphatic heterocycles. The SMILES string of the molecule is O=C(O)C1(Cc2ccccc2[N+](=O)[O-])CCCCC1. The van der Waals surface area contributed by atoms with Crippen LogP contribution < -0.4 is 0 Å². The standard InChI is InChI=1S/C14H17NO4/c16-13(17)14(8-4-1-5-9-14)10-11-6-2-3-7-12(11)15(18)19/h2-3,6-7H,1,4-5,8-10H2,(H,16,17). The van der Waals surface area contributed by atoms with Gasteiger partial charge in [-0.3, -0.25) is 14.9 Å². The van der Waals surface area contributed by atoms with Gasteiger partial charge in [-0.15, -0.1) is 0 Å². The van der Waals surface area contributed by atoms with Crippen molar-refractivity contribution in [1.29, 1.82) is 0 Å². The summed E-state index contributed by atoms with van der Waals surface area (Å²) in [5.74, 6) is -0.828. The second-order valence-corrected chi connectivity index (χ2v) is 5.21. The Balaban J connectivity index is 2.32. The van der Waals surface area contributed by atoms with E-state index in [2.05, 4.69) is 0 Å². The molecular formula is C14H17NO4. The van der Waals surface area contributed by atoms with Gasteiger partial charge >= 0.3 is 5.97 Å². The van der Waals surface area contributed by atoms with Crippen LogP contribution in [-0.4, -0.2) is 16.0 Å². The number of benzene rings is 1. The van der Waals surface area contributed by atoms with Crippen molar-refractivity contribution < 1.29 is 14.8 Å². The third-order valence-corrected chi connectivity index (χ3v) is 3.98. The smallest absolute Gasteiger partial charge is 0.309 e. The second kappa shape index (κ2) is 5.38. The Bertz CT molecular complexity index is 492. The first-order chi connectivity index (χ1) is 9.05. The second-order valence-electron chi connectivity index (χ2n) is 5.21. The van der Waals surface area contributed by atoms with Crippen LogP contribution in [0.25, 0.3) is 0 Å². The van der Waals surface area contributed by atoms with E-state index in [1.54, 1.807) is 18.2 Å². The van der Waals surface area contributed by atoms with E-state index in [9.17, 15) is 20.0 Å². The van der Waals surface area contributed by atoms with E-state index in [0.717, 1.165) is 19.3 Å². The molecule has 0 saturated heterocycles. The minimum absolute atomic E-state index is 0.0219. The molecule has 0 amide bonds.